The molecule has 3 heteroatoms. The van der Waals surface area contributed by atoms with E-state index in [0.29, 0.717) is 12.0 Å². The smallest absolute Gasteiger partial charge is 0.0766 e. The van der Waals surface area contributed by atoms with Crippen molar-refractivity contribution >= 4 is 11.4 Å². The molecule has 1 aliphatic carbocycles. The molecule has 3 nitrogen and oxygen atoms in total. The maximum atomic E-state index is 4.24. The average molecular weight is 281 g/mol. The van der Waals surface area contributed by atoms with Crippen molar-refractivity contribution in [2.75, 3.05) is 24.3 Å². The van der Waals surface area contributed by atoms with Crippen LogP contribution in [-0.4, -0.2) is 25.1 Å². The highest BCUT2D eigenvalue weighted by Gasteiger charge is 2.30. The number of hydrogen-bond acceptors (Lipinski definition) is 3. The molecule has 21 heavy (non-hydrogen) atoms. The first-order chi connectivity index (χ1) is 10.1. The van der Waals surface area contributed by atoms with Gasteiger partial charge in [-0.2, -0.15) is 0 Å². The second-order valence-electron chi connectivity index (χ2n) is 6.21. The van der Waals surface area contributed by atoms with Crippen molar-refractivity contribution in [2.45, 2.75) is 31.7 Å². The molecule has 0 atom stereocenters. The topological polar surface area (TPSA) is 28.2 Å². The summed E-state index contributed by atoms with van der Waals surface area (Å²) in [5.41, 5.74) is 5.13. The zero-order valence-electron chi connectivity index (χ0n) is 13.0. The summed E-state index contributed by atoms with van der Waals surface area (Å²) >= 11 is 0. The van der Waals surface area contributed by atoms with Crippen LogP contribution < -0.4 is 10.2 Å². The van der Waals surface area contributed by atoms with Crippen molar-refractivity contribution in [3.05, 3.63) is 53.9 Å². The second kappa shape index (κ2) is 5.76. The van der Waals surface area contributed by atoms with Crippen LogP contribution in [0.3, 0.4) is 0 Å². The predicted octanol–water partition coefficient (Wildman–Crippen LogP) is 3.81. The molecule has 2 aromatic rings. The number of pyridine rings is 1. The van der Waals surface area contributed by atoms with Crippen LogP contribution in [0.2, 0.25) is 0 Å². The highest BCUT2D eigenvalue weighted by molar-refractivity contribution is 5.68. The van der Waals surface area contributed by atoms with Crippen LogP contribution >= 0.6 is 0 Å². The highest BCUT2D eigenvalue weighted by atomic mass is 15.1. The van der Waals surface area contributed by atoms with Crippen molar-refractivity contribution in [3.8, 4) is 0 Å². The zero-order valence-corrected chi connectivity index (χ0v) is 13.0. The van der Waals surface area contributed by atoms with Crippen LogP contribution in [0.1, 0.15) is 29.9 Å². The Morgan fingerprint density at radius 1 is 1.10 bits per heavy atom. The Bertz CT molecular complexity index is 598. The van der Waals surface area contributed by atoms with E-state index in [-0.39, 0.29) is 0 Å². The molecule has 0 spiro atoms. The molecule has 0 saturated heterocycles. The Labute approximate surface area is 127 Å². The molecule has 0 radical (unpaired) electrons. The van der Waals surface area contributed by atoms with Crippen LogP contribution in [0.5, 0.6) is 0 Å². The van der Waals surface area contributed by atoms with Crippen molar-refractivity contribution in [1.82, 2.24) is 4.98 Å². The molecule has 1 aromatic heterocycles. The van der Waals surface area contributed by atoms with Gasteiger partial charge in [-0.1, -0.05) is 29.8 Å². The summed E-state index contributed by atoms with van der Waals surface area (Å²) in [5, 5.41) is 3.64. The third-order valence-corrected chi connectivity index (χ3v) is 4.33. The number of nitrogens with one attached hydrogen (secondary N) is 1. The van der Waals surface area contributed by atoms with Gasteiger partial charge in [0.05, 0.1) is 17.6 Å². The second-order valence-corrected chi connectivity index (χ2v) is 6.21. The summed E-state index contributed by atoms with van der Waals surface area (Å²) in [6.07, 6.45) is 6.17. The molecule has 1 saturated carbocycles. The van der Waals surface area contributed by atoms with E-state index >= 15 is 0 Å². The fourth-order valence-corrected chi connectivity index (χ4v) is 2.95. The Kier molecular flexibility index (Phi) is 3.82. The lowest BCUT2D eigenvalue weighted by Gasteiger charge is -2.37. The van der Waals surface area contributed by atoms with Gasteiger partial charge in [0.2, 0.25) is 0 Å². The van der Waals surface area contributed by atoms with E-state index in [2.05, 4.69) is 66.6 Å². The zero-order chi connectivity index (χ0) is 14.8. The lowest BCUT2D eigenvalue weighted by atomic mass is 9.75. The van der Waals surface area contributed by atoms with Crippen LogP contribution in [-0.2, 0) is 0 Å². The number of hydrogen-bond donors (Lipinski definition) is 1. The molecule has 0 amide bonds. The van der Waals surface area contributed by atoms with Crippen LogP contribution in [0.15, 0.2) is 42.7 Å². The molecular weight excluding hydrogens is 258 g/mol. The van der Waals surface area contributed by atoms with Crippen molar-refractivity contribution in [1.29, 1.82) is 0 Å². The molecule has 0 unspecified atom stereocenters. The Balaban J connectivity index is 1.61. The number of aryl methyl sites for hydroxylation is 1. The predicted molar refractivity (Wildman–Crippen MR) is 89.1 cm³/mol. The van der Waals surface area contributed by atoms with Gasteiger partial charge in [0.15, 0.2) is 0 Å². The van der Waals surface area contributed by atoms with Crippen LogP contribution in [0, 0.1) is 6.92 Å². The Morgan fingerprint density at radius 3 is 2.48 bits per heavy atom. The molecule has 1 heterocycles. The number of nitrogens with zero attached hydrogens (tertiary/aromatic N) is 2. The van der Waals surface area contributed by atoms with Gasteiger partial charge in [0.25, 0.3) is 0 Å². The molecule has 1 N–H and O–H groups in total. The standard InChI is InChI=1S/C18H23N3/c1-13-4-6-14(7-5-13)15-10-16(11-15)20-17-12-19-9-8-18(17)21(2)3/h4-9,12,15-16,20H,10-11H2,1-3H3. The average Bonchev–Trinajstić information content (AvgIpc) is 2.44. The van der Waals surface area contributed by atoms with E-state index in [9.17, 15) is 0 Å². The lowest BCUT2D eigenvalue weighted by molar-refractivity contribution is 0.374. The van der Waals surface area contributed by atoms with Crippen LogP contribution in [0.25, 0.3) is 0 Å². The first-order valence-electron chi connectivity index (χ1n) is 7.58. The fraction of sp³-hybridized carbons (Fsp3) is 0.389. The Morgan fingerprint density at radius 2 is 1.81 bits per heavy atom. The minimum absolute atomic E-state index is 0.555. The van der Waals surface area contributed by atoms with Gasteiger partial charge in [0.1, 0.15) is 0 Å². The summed E-state index contributed by atoms with van der Waals surface area (Å²) in [5.74, 6) is 0.697. The fourth-order valence-electron chi connectivity index (χ4n) is 2.95. The third kappa shape index (κ3) is 3.02. The van der Waals surface area contributed by atoms with Crippen molar-refractivity contribution in [3.63, 3.8) is 0 Å². The molecule has 3 rings (SSSR count). The number of benzene rings is 1. The summed E-state index contributed by atoms with van der Waals surface area (Å²) in [7, 11) is 4.13. The minimum atomic E-state index is 0.555. The number of anilines is 2. The van der Waals surface area contributed by atoms with Gasteiger partial charge < -0.3 is 10.2 Å². The largest absolute Gasteiger partial charge is 0.379 e. The van der Waals surface area contributed by atoms with Crippen LogP contribution in [0.4, 0.5) is 11.4 Å². The number of aromatic nitrogens is 1. The molecular formula is C18H23N3. The monoisotopic (exact) mass is 281 g/mol. The minimum Gasteiger partial charge on any atom is -0.379 e. The molecule has 1 fully saturated rings. The highest BCUT2D eigenvalue weighted by Crippen LogP contribution is 2.39. The van der Waals surface area contributed by atoms with E-state index in [4.69, 9.17) is 0 Å². The molecule has 0 bridgehead atoms. The van der Waals surface area contributed by atoms with E-state index in [0.717, 1.165) is 5.69 Å². The quantitative estimate of drug-likeness (QED) is 0.923. The summed E-state index contributed by atoms with van der Waals surface area (Å²) in [4.78, 5) is 6.36. The van der Waals surface area contributed by atoms with Gasteiger partial charge in [-0.25, -0.2) is 0 Å². The molecule has 1 aliphatic rings. The summed E-state index contributed by atoms with van der Waals surface area (Å²) in [6, 6.07) is 11.6. The maximum absolute atomic E-state index is 4.24. The summed E-state index contributed by atoms with van der Waals surface area (Å²) < 4.78 is 0. The number of rotatable bonds is 4. The van der Waals surface area contributed by atoms with Gasteiger partial charge in [-0.05, 0) is 37.3 Å². The van der Waals surface area contributed by atoms with E-state index in [1.807, 2.05) is 12.4 Å². The van der Waals surface area contributed by atoms with Gasteiger partial charge >= 0.3 is 0 Å². The molecule has 110 valence electrons. The molecule has 1 aromatic carbocycles. The van der Waals surface area contributed by atoms with Gasteiger partial charge in [0, 0.05) is 26.3 Å². The van der Waals surface area contributed by atoms with Crippen molar-refractivity contribution < 1.29 is 0 Å². The first-order valence-corrected chi connectivity index (χ1v) is 7.58. The van der Waals surface area contributed by atoms with E-state index in [1.54, 1.807) is 0 Å². The Hall–Kier alpha value is -2.03. The normalized spacial score (nSPS) is 20.7. The van der Waals surface area contributed by atoms with Gasteiger partial charge in [-0.15, -0.1) is 0 Å². The molecule has 0 aliphatic heterocycles. The third-order valence-electron chi connectivity index (χ3n) is 4.33. The first kappa shape index (κ1) is 13.9. The van der Waals surface area contributed by atoms with E-state index in [1.165, 1.54) is 29.7 Å². The van der Waals surface area contributed by atoms with E-state index < -0.39 is 0 Å². The maximum Gasteiger partial charge on any atom is 0.0766 e. The summed E-state index contributed by atoms with van der Waals surface area (Å²) in [6.45, 7) is 2.14. The SMILES string of the molecule is Cc1ccc(C2CC(Nc3cnccc3N(C)C)C2)cc1. The van der Waals surface area contributed by atoms with Crippen molar-refractivity contribution in [2.24, 2.45) is 0 Å². The van der Waals surface area contributed by atoms with Gasteiger partial charge in [-0.3, -0.25) is 4.98 Å². The lowest BCUT2D eigenvalue weighted by Crippen LogP contribution is -2.34.